The first-order chi connectivity index (χ1) is 14.4. The van der Waals surface area contributed by atoms with Gasteiger partial charge in [0.1, 0.15) is 29.6 Å². The van der Waals surface area contributed by atoms with Gasteiger partial charge in [0.15, 0.2) is 6.10 Å². The van der Waals surface area contributed by atoms with Crippen LogP contribution in [0.4, 0.5) is 4.39 Å². The fourth-order valence-corrected chi connectivity index (χ4v) is 3.11. The minimum atomic E-state index is -1.04. The zero-order valence-electron chi connectivity index (χ0n) is 16.5. The molecule has 0 aliphatic heterocycles. The Hall–Kier alpha value is -2.90. The Morgan fingerprint density at radius 3 is 2.73 bits per heavy atom. The van der Waals surface area contributed by atoms with Gasteiger partial charge in [0.2, 0.25) is 5.89 Å². The number of aliphatic carboxylic acids is 1. The second kappa shape index (κ2) is 9.73. The van der Waals surface area contributed by atoms with Crippen molar-refractivity contribution in [2.75, 3.05) is 6.61 Å². The van der Waals surface area contributed by atoms with E-state index in [4.69, 9.17) is 25.5 Å². The Morgan fingerprint density at radius 2 is 2.07 bits per heavy atom. The number of carboxylic acids is 1. The molecule has 2 aromatic carbocycles. The van der Waals surface area contributed by atoms with Crippen LogP contribution in [-0.4, -0.2) is 28.8 Å². The summed E-state index contributed by atoms with van der Waals surface area (Å²) in [4.78, 5) is 15.6. The lowest BCUT2D eigenvalue weighted by Gasteiger charge is -2.14. The van der Waals surface area contributed by atoms with Gasteiger partial charge in [-0.05, 0) is 43.7 Å². The first kappa shape index (κ1) is 21.8. The van der Waals surface area contributed by atoms with Crippen molar-refractivity contribution in [1.29, 1.82) is 0 Å². The third-order valence-electron chi connectivity index (χ3n) is 4.45. The molecule has 0 spiro atoms. The van der Waals surface area contributed by atoms with E-state index in [-0.39, 0.29) is 24.5 Å². The number of carboxylic acid groups (broad SMARTS) is 1. The van der Waals surface area contributed by atoms with Crippen molar-refractivity contribution in [3.05, 3.63) is 70.3 Å². The maximum absolute atomic E-state index is 13.9. The van der Waals surface area contributed by atoms with Gasteiger partial charge in [0.25, 0.3) is 0 Å². The van der Waals surface area contributed by atoms with Crippen LogP contribution < -0.4 is 4.74 Å². The fourth-order valence-electron chi connectivity index (χ4n) is 2.87. The van der Waals surface area contributed by atoms with Gasteiger partial charge in [-0.1, -0.05) is 29.8 Å². The van der Waals surface area contributed by atoms with Gasteiger partial charge in [0.05, 0.1) is 5.56 Å². The molecule has 0 saturated heterocycles. The third kappa shape index (κ3) is 5.17. The van der Waals surface area contributed by atoms with Crippen molar-refractivity contribution < 1.29 is 28.2 Å². The summed E-state index contributed by atoms with van der Waals surface area (Å²) < 4.78 is 30.5. The van der Waals surface area contributed by atoms with Crippen molar-refractivity contribution >= 4 is 17.6 Å². The highest BCUT2D eigenvalue weighted by atomic mass is 35.5. The average Bonchev–Trinajstić information content (AvgIpc) is 3.08. The summed E-state index contributed by atoms with van der Waals surface area (Å²) in [6, 6.07) is 11.2. The summed E-state index contributed by atoms with van der Waals surface area (Å²) in [5.74, 6) is -0.257. The first-order valence-corrected chi connectivity index (χ1v) is 9.73. The normalized spacial score (nSPS) is 12.0. The van der Waals surface area contributed by atoms with Crippen LogP contribution in [0.25, 0.3) is 11.5 Å². The standard InChI is InChI=1S/C22H21ClFNO5/c1-3-28-20(22(26)27)10-14-8-9-15(11-17(14)23)29-12-19-13(2)30-21(25-19)16-6-4-5-7-18(16)24/h4-9,11,20H,3,10,12H2,1-2H3,(H,26,27)/t20-/m0/s1. The fraction of sp³-hybridized carbons (Fsp3) is 0.273. The van der Waals surface area contributed by atoms with Gasteiger partial charge in [0, 0.05) is 18.1 Å². The molecule has 1 aromatic heterocycles. The lowest BCUT2D eigenvalue weighted by Crippen LogP contribution is -2.26. The second-order valence-electron chi connectivity index (χ2n) is 6.53. The van der Waals surface area contributed by atoms with Crippen LogP contribution in [0.5, 0.6) is 5.75 Å². The zero-order chi connectivity index (χ0) is 21.7. The van der Waals surface area contributed by atoms with Gasteiger partial charge >= 0.3 is 5.97 Å². The predicted octanol–water partition coefficient (Wildman–Crippen LogP) is 5.05. The molecule has 0 unspecified atom stereocenters. The van der Waals surface area contributed by atoms with E-state index in [0.717, 1.165) is 0 Å². The Kier molecular flexibility index (Phi) is 7.07. The summed E-state index contributed by atoms with van der Waals surface area (Å²) in [6.07, 6.45) is -0.815. The van der Waals surface area contributed by atoms with Crippen LogP contribution in [0.1, 0.15) is 23.9 Å². The molecule has 0 aliphatic carbocycles. The molecule has 0 saturated carbocycles. The van der Waals surface area contributed by atoms with Crippen LogP contribution in [0, 0.1) is 12.7 Å². The minimum absolute atomic E-state index is 0.107. The molecule has 0 amide bonds. The van der Waals surface area contributed by atoms with E-state index in [0.29, 0.717) is 34.4 Å². The number of carbonyl (C=O) groups is 1. The molecule has 3 aromatic rings. The number of benzene rings is 2. The van der Waals surface area contributed by atoms with Crippen molar-refractivity contribution in [2.24, 2.45) is 0 Å². The molecule has 0 radical (unpaired) electrons. The molecule has 0 fully saturated rings. The van der Waals surface area contributed by atoms with Crippen molar-refractivity contribution in [3.63, 3.8) is 0 Å². The molecule has 1 atom stereocenters. The highest BCUT2D eigenvalue weighted by Gasteiger charge is 2.20. The van der Waals surface area contributed by atoms with E-state index in [1.807, 2.05) is 0 Å². The SMILES string of the molecule is CCO[C@@H](Cc1ccc(OCc2nc(-c3ccccc3F)oc2C)cc1Cl)C(=O)O. The third-order valence-corrected chi connectivity index (χ3v) is 4.80. The Bertz CT molecular complexity index is 1040. The molecule has 0 aliphatic rings. The Balaban J connectivity index is 1.69. The number of ether oxygens (including phenoxy) is 2. The van der Waals surface area contributed by atoms with E-state index in [1.54, 1.807) is 50.2 Å². The highest BCUT2D eigenvalue weighted by molar-refractivity contribution is 6.31. The smallest absolute Gasteiger partial charge is 0.333 e. The number of hydrogen-bond donors (Lipinski definition) is 1. The minimum Gasteiger partial charge on any atom is -0.487 e. The summed E-state index contributed by atoms with van der Waals surface area (Å²) in [5.41, 5.74) is 1.46. The molecule has 1 heterocycles. The van der Waals surface area contributed by atoms with Crippen LogP contribution in [0.2, 0.25) is 5.02 Å². The number of rotatable bonds is 9. The van der Waals surface area contributed by atoms with Crippen molar-refractivity contribution in [1.82, 2.24) is 4.98 Å². The highest BCUT2D eigenvalue weighted by Crippen LogP contribution is 2.27. The zero-order valence-corrected chi connectivity index (χ0v) is 17.3. The lowest BCUT2D eigenvalue weighted by molar-refractivity contribution is -0.149. The average molecular weight is 434 g/mol. The van der Waals surface area contributed by atoms with Gasteiger partial charge in [-0.15, -0.1) is 0 Å². The topological polar surface area (TPSA) is 81.8 Å². The quantitative estimate of drug-likeness (QED) is 0.508. The number of aryl methyl sites for hydroxylation is 1. The summed E-state index contributed by atoms with van der Waals surface area (Å²) in [7, 11) is 0. The number of aromatic nitrogens is 1. The van der Waals surface area contributed by atoms with E-state index in [2.05, 4.69) is 4.98 Å². The maximum Gasteiger partial charge on any atom is 0.333 e. The van der Waals surface area contributed by atoms with Crippen molar-refractivity contribution in [3.8, 4) is 17.2 Å². The van der Waals surface area contributed by atoms with E-state index in [9.17, 15) is 14.3 Å². The van der Waals surface area contributed by atoms with Gasteiger partial charge < -0.3 is 19.0 Å². The molecule has 30 heavy (non-hydrogen) atoms. The van der Waals surface area contributed by atoms with Gasteiger partial charge in [-0.3, -0.25) is 0 Å². The molecule has 8 heteroatoms. The second-order valence-corrected chi connectivity index (χ2v) is 6.94. The molecule has 0 bridgehead atoms. The lowest BCUT2D eigenvalue weighted by atomic mass is 10.1. The largest absolute Gasteiger partial charge is 0.487 e. The monoisotopic (exact) mass is 433 g/mol. The van der Waals surface area contributed by atoms with Crippen LogP contribution in [-0.2, 0) is 22.6 Å². The predicted molar refractivity (Wildman–Crippen MR) is 109 cm³/mol. The van der Waals surface area contributed by atoms with Crippen LogP contribution in [0.3, 0.4) is 0 Å². The number of halogens is 2. The molecular weight excluding hydrogens is 413 g/mol. The Morgan fingerprint density at radius 1 is 1.30 bits per heavy atom. The number of hydrogen-bond acceptors (Lipinski definition) is 5. The van der Waals surface area contributed by atoms with Crippen molar-refractivity contribution in [2.45, 2.75) is 33.0 Å². The van der Waals surface area contributed by atoms with Crippen LogP contribution in [0.15, 0.2) is 46.9 Å². The van der Waals surface area contributed by atoms with Crippen LogP contribution >= 0.6 is 11.6 Å². The molecular formula is C22H21ClFNO5. The molecule has 158 valence electrons. The maximum atomic E-state index is 13.9. The van der Waals surface area contributed by atoms with Gasteiger partial charge in [-0.2, -0.15) is 0 Å². The van der Waals surface area contributed by atoms with Gasteiger partial charge in [-0.25, -0.2) is 14.2 Å². The summed E-state index contributed by atoms with van der Waals surface area (Å²) in [5, 5.41) is 9.59. The summed E-state index contributed by atoms with van der Waals surface area (Å²) >= 11 is 6.29. The molecule has 3 rings (SSSR count). The first-order valence-electron chi connectivity index (χ1n) is 9.35. The molecule has 1 N–H and O–H groups in total. The van der Waals surface area contributed by atoms with E-state index in [1.165, 1.54) is 6.07 Å². The summed E-state index contributed by atoms with van der Waals surface area (Å²) in [6.45, 7) is 3.86. The van der Waals surface area contributed by atoms with E-state index >= 15 is 0 Å². The number of nitrogens with zero attached hydrogens (tertiary/aromatic N) is 1. The molecule has 6 nitrogen and oxygen atoms in total. The van der Waals surface area contributed by atoms with E-state index < -0.39 is 17.9 Å². The number of oxazole rings is 1. The Labute approximate surface area is 178 Å².